The number of hydrogen-bond acceptors (Lipinski definition) is 1. The molecule has 0 aliphatic rings. The van der Waals surface area contributed by atoms with Crippen LogP contribution in [0.2, 0.25) is 0 Å². The predicted molar refractivity (Wildman–Crippen MR) is 59.3 cm³/mol. The molecule has 1 nitrogen and oxygen atoms in total. The van der Waals surface area contributed by atoms with Crippen molar-refractivity contribution in [1.29, 1.82) is 0 Å². The molecule has 0 saturated carbocycles. The van der Waals surface area contributed by atoms with Crippen molar-refractivity contribution in [3.05, 3.63) is 29.3 Å². The lowest BCUT2D eigenvalue weighted by molar-refractivity contribution is -0.137. The lowest BCUT2D eigenvalue weighted by Crippen LogP contribution is -2.05. The maximum absolute atomic E-state index is 12.5. The molecule has 1 aromatic rings. The van der Waals surface area contributed by atoms with E-state index in [1.54, 1.807) is 13.1 Å². The Bertz CT molecular complexity index is 380. The first-order chi connectivity index (χ1) is 7.49. The predicted octanol–water partition coefficient (Wildman–Crippen LogP) is 4.38. The minimum atomic E-state index is -4.28. The van der Waals surface area contributed by atoms with E-state index in [-0.39, 0.29) is 0 Å². The maximum atomic E-state index is 12.5. The highest BCUT2D eigenvalue weighted by Crippen LogP contribution is 2.33. The van der Waals surface area contributed by atoms with Gasteiger partial charge in [-0.25, -0.2) is 0 Å². The summed E-state index contributed by atoms with van der Waals surface area (Å²) in [6, 6.07) is 3.68. The van der Waals surface area contributed by atoms with E-state index < -0.39 is 11.7 Å². The van der Waals surface area contributed by atoms with Gasteiger partial charge in [-0.2, -0.15) is 13.2 Å². The number of aryl methyl sites for hydroxylation is 1. The van der Waals surface area contributed by atoms with Crippen molar-refractivity contribution in [3.8, 4) is 0 Å². The fourth-order valence-electron chi connectivity index (χ4n) is 1.50. The minimum Gasteiger partial charge on any atom is -0.261 e. The molecule has 88 valence electrons. The Balaban J connectivity index is 3.17. The molecule has 0 bridgehead atoms. The van der Waals surface area contributed by atoms with Gasteiger partial charge < -0.3 is 0 Å². The second-order valence-corrected chi connectivity index (χ2v) is 3.48. The number of halogens is 3. The van der Waals surface area contributed by atoms with E-state index in [4.69, 9.17) is 0 Å². The summed E-state index contributed by atoms with van der Waals surface area (Å²) in [5.74, 6) is 0. The second-order valence-electron chi connectivity index (χ2n) is 3.48. The van der Waals surface area contributed by atoms with Crippen molar-refractivity contribution in [3.63, 3.8) is 0 Å². The van der Waals surface area contributed by atoms with E-state index >= 15 is 0 Å². The van der Waals surface area contributed by atoms with Crippen molar-refractivity contribution in [2.45, 2.75) is 32.9 Å². The summed E-state index contributed by atoms with van der Waals surface area (Å²) < 4.78 is 37.5. The molecule has 0 unspecified atom stereocenters. The fraction of sp³-hybridized carbons (Fsp3) is 0.417. The van der Waals surface area contributed by atoms with Crippen LogP contribution in [0, 0.1) is 0 Å². The van der Waals surface area contributed by atoms with Gasteiger partial charge >= 0.3 is 6.18 Å². The van der Waals surface area contributed by atoms with Crippen LogP contribution in [0.5, 0.6) is 0 Å². The first-order valence-electron chi connectivity index (χ1n) is 5.17. The monoisotopic (exact) mass is 229 g/mol. The van der Waals surface area contributed by atoms with Crippen molar-refractivity contribution < 1.29 is 13.2 Å². The Labute approximate surface area is 93.0 Å². The summed E-state index contributed by atoms with van der Waals surface area (Å²) in [6.45, 7) is 3.67. The molecule has 16 heavy (non-hydrogen) atoms. The Morgan fingerprint density at radius 3 is 2.50 bits per heavy atom. The largest absolute Gasteiger partial charge is 0.416 e. The zero-order valence-corrected chi connectivity index (χ0v) is 9.30. The molecular weight excluding hydrogens is 215 g/mol. The highest BCUT2D eigenvalue weighted by Gasteiger charge is 2.30. The van der Waals surface area contributed by atoms with E-state index in [0.29, 0.717) is 17.7 Å². The van der Waals surface area contributed by atoms with Gasteiger partial charge in [0.2, 0.25) is 0 Å². The molecule has 0 aliphatic heterocycles. The third-order valence-electron chi connectivity index (χ3n) is 2.19. The maximum Gasteiger partial charge on any atom is 0.416 e. The number of rotatable bonds is 3. The number of nitrogens with zero attached hydrogens (tertiary/aromatic N) is 1. The quantitative estimate of drug-likeness (QED) is 0.682. The molecule has 0 aromatic heterocycles. The average Bonchev–Trinajstić information content (AvgIpc) is 2.19. The highest BCUT2D eigenvalue weighted by molar-refractivity contribution is 5.62. The SMILES string of the molecule is CC=Nc1ccc(C(F)(F)F)cc1CCC. The second kappa shape index (κ2) is 5.14. The van der Waals surface area contributed by atoms with E-state index in [1.807, 2.05) is 6.92 Å². The van der Waals surface area contributed by atoms with Gasteiger partial charge in [0.25, 0.3) is 0 Å². The van der Waals surface area contributed by atoms with E-state index in [9.17, 15) is 13.2 Å². The Morgan fingerprint density at radius 1 is 1.31 bits per heavy atom. The van der Waals surface area contributed by atoms with E-state index in [2.05, 4.69) is 4.99 Å². The summed E-state index contributed by atoms with van der Waals surface area (Å²) in [4.78, 5) is 4.06. The van der Waals surface area contributed by atoms with Crippen LogP contribution < -0.4 is 0 Å². The number of alkyl halides is 3. The molecule has 0 atom stereocenters. The average molecular weight is 229 g/mol. The van der Waals surface area contributed by atoms with Crippen LogP contribution in [0.4, 0.5) is 18.9 Å². The molecule has 4 heteroatoms. The van der Waals surface area contributed by atoms with Gasteiger partial charge in [0.15, 0.2) is 0 Å². The molecule has 0 N–H and O–H groups in total. The molecule has 1 aromatic carbocycles. The highest BCUT2D eigenvalue weighted by atomic mass is 19.4. The third-order valence-corrected chi connectivity index (χ3v) is 2.19. The summed E-state index contributed by atoms with van der Waals surface area (Å²) in [5, 5.41) is 0. The molecule has 0 fully saturated rings. The first kappa shape index (κ1) is 12.7. The molecule has 0 amide bonds. The molecule has 0 aliphatic carbocycles. The zero-order valence-electron chi connectivity index (χ0n) is 9.30. The molecule has 0 saturated heterocycles. The molecular formula is C12H14F3N. The Kier molecular flexibility index (Phi) is 4.10. The topological polar surface area (TPSA) is 12.4 Å². The summed E-state index contributed by atoms with van der Waals surface area (Å²) in [7, 11) is 0. The van der Waals surface area contributed by atoms with Gasteiger partial charge in [0, 0.05) is 6.21 Å². The van der Waals surface area contributed by atoms with Crippen LogP contribution in [0.1, 0.15) is 31.4 Å². The zero-order chi connectivity index (χ0) is 12.2. The van der Waals surface area contributed by atoms with E-state index in [0.717, 1.165) is 12.5 Å². The van der Waals surface area contributed by atoms with Crippen molar-refractivity contribution in [2.75, 3.05) is 0 Å². The van der Waals surface area contributed by atoms with Crippen molar-refractivity contribution >= 4 is 11.9 Å². The summed E-state index contributed by atoms with van der Waals surface area (Å²) >= 11 is 0. The van der Waals surface area contributed by atoms with Gasteiger partial charge in [0.1, 0.15) is 0 Å². The van der Waals surface area contributed by atoms with Gasteiger partial charge in [0.05, 0.1) is 11.3 Å². The smallest absolute Gasteiger partial charge is 0.261 e. The van der Waals surface area contributed by atoms with Crippen LogP contribution in [0.15, 0.2) is 23.2 Å². The lowest BCUT2D eigenvalue weighted by atomic mass is 10.0. The van der Waals surface area contributed by atoms with Gasteiger partial charge in [-0.3, -0.25) is 4.99 Å². The Morgan fingerprint density at radius 2 is 2.00 bits per heavy atom. The molecule has 1 rings (SSSR count). The van der Waals surface area contributed by atoms with E-state index in [1.165, 1.54) is 12.1 Å². The molecule has 0 heterocycles. The van der Waals surface area contributed by atoms with Crippen LogP contribution in [0.3, 0.4) is 0 Å². The van der Waals surface area contributed by atoms with Gasteiger partial charge in [-0.1, -0.05) is 13.3 Å². The molecule has 0 spiro atoms. The van der Waals surface area contributed by atoms with Gasteiger partial charge in [-0.05, 0) is 37.1 Å². The van der Waals surface area contributed by atoms with Crippen LogP contribution in [-0.2, 0) is 12.6 Å². The first-order valence-corrected chi connectivity index (χ1v) is 5.17. The standard InChI is InChI=1S/C12H14F3N/c1-3-5-9-8-10(12(13,14)15)6-7-11(9)16-4-2/h4,6-8H,3,5H2,1-2H3. The normalized spacial score (nSPS) is 12.3. The van der Waals surface area contributed by atoms with Crippen LogP contribution in [0.25, 0.3) is 0 Å². The third kappa shape index (κ3) is 3.08. The minimum absolute atomic E-state index is 0.606. The lowest BCUT2D eigenvalue weighted by Gasteiger charge is -2.10. The fourth-order valence-corrected chi connectivity index (χ4v) is 1.50. The number of aliphatic imine (C=N–C) groups is 1. The summed E-state index contributed by atoms with van der Waals surface area (Å²) in [6.07, 6.45) is -1.29. The Hall–Kier alpha value is -1.32. The van der Waals surface area contributed by atoms with Crippen molar-refractivity contribution in [1.82, 2.24) is 0 Å². The molecule has 0 radical (unpaired) electrons. The number of benzene rings is 1. The van der Waals surface area contributed by atoms with Gasteiger partial charge in [-0.15, -0.1) is 0 Å². The summed E-state index contributed by atoms with van der Waals surface area (Å²) in [5.41, 5.74) is 0.666. The van der Waals surface area contributed by atoms with Crippen LogP contribution >= 0.6 is 0 Å². The number of hydrogen-bond donors (Lipinski definition) is 0. The van der Waals surface area contributed by atoms with Crippen LogP contribution in [-0.4, -0.2) is 6.21 Å². The van der Waals surface area contributed by atoms with Crippen molar-refractivity contribution in [2.24, 2.45) is 4.99 Å².